The Morgan fingerprint density at radius 3 is 2.08 bits per heavy atom. The summed E-state index contributed by atoms with van der Waals surface area (Å²) in [6, 6.07) is 14.5. The van der Waals surface area contributed by atoms with Crippen molar-refractivity contribution in [3.05, 3.63) is 95.1 Å². The van der Waals surface area contributed by atoms with Gasteiger partial charge in [0.05, 0.1) is 6.20 Å². The SMILES string of the molecule is Cc1ccc(C(=O)[C@@H](OC(=O)c2cnccn2)c2ccc(C)cc2)cc1. The van der Waals surface area contributed by atoms with Gasteiger partial charge in [0.15, 0.2) is 11.8 Å². The average Bonchev–Trinajstić information content (AvgIpc) is 2.67. The first-order valence-electron chi connectivity index (χ1n) is 8.19. The molecule has 5 heteroatoms. The highest BCUT2D eigenvalue weighted by Crippen LogP contribution is 2.24. The van der Waals surface area contributed by atoms with Crippen LogP contribution in [0.2, 0.25) is 0 Å². The van der Waals surface area contributed by atoms with Gasteiger partial charge in [-0.1, -0.05) is 59.7 Å². The molecule has 0 unspecified atom stereocenters. The van der Waals surface area contributed by atoms with Crippen LogP contribution in [0, 0.1) is 13.8 Å². The van der Waals surface area contributed by atoms with Gasteiger partial charge in [-0.05, 0) is 13.8 Å². The van der Waals surface area contributed by atoms with Crippen LogP contribution in [-0.4, -0.2) is 21.7 Å². The Balaban J connectivity index is 1.93. The molecule has 1 heterocycles. The van der Waals surface area contributed by atoms with E-state index in [0.717, 1.165) is 11.1 Å². The molecule has 0 radical (unpaired) electrons. The van der Waals surface area contributed by atoms with Crippen LogP contribution in [0.5, 0.6) is 0 Å². The molecule has 26 heavy (non-hydrogen) atoms. The number of rotatable bonds is 5. The van der Waals surface area contributed by atoms with Gasteiger partial charge in [-0.25, -0.2) is 9.78 Å². The van der Waals surface area contributed by atoms with Crippen LogP contribution in [0.1, 0.15) is 43.6 Å². The molecule has 2 aromatic carbocycles. The van der Waals surface area contributed by atoms with Crippen LogP contribution in [-0.2, 0) is 4.74 Å². The number of Topliss-reactive ketones (excluding diaryl/α,β-unsaturated/α-hetero) is 1. The lowest BCUT2D eigenvalue weighted by atomic mass is 9.98. The molecule has 0 saturated carbocycles. The van der Waals surface area contributed by atoms with E-state index in [1.807, 2.05) is 38.1 Å². The molecule has 0 bridgehead atoms. The van der Waals surface area contributed by atoms with E-state index >= 15 is 0 Å². The van der Waals surface area contributed by atoms with Crippen molar-refractivity contribution in [3.8, 4) is 0 Å². The molecule has 3 aromatic rings. The zero-order chi connectivity index (χ0) is 18.5. The zero-order valence-electron chi connectivity index (χ0n) is 14.5. The molecule has 3 rings (SSSR count). The van der Waals surface area contributed by atoms with Crippen molar-refractivity contribution in [2.45, 2.75) is 20.0 Å². The lowest BCUT2D eigenvalue weighted by Crippen LogP contribution is -2.21. The second-order valence-corrected chi connectivity index (χ2v) is 6.02. The van der Waals surface area contributed by atoms with Gasteiger partial charge in [0.25, 0.3) is 0 Å². The third-order valence-electron chi connectivity index (χ3n) is 3.95. The molecule has 1 atom stereocenters. The van der Waals surface area contributed by atoms with Crippen molar-refractivity contribution in [1.82, 2.24) is 9.97 Å². The number of carbonyl (C=O) groups is 2. The molecule has 0 amide bonds. The van der Waals surface area contributed by atoms with E-state index in [2.05, 4.69) is 9.97 Å². The molecular weight excluding hydrogens is 328 g/mol. The number of ether oxygens (including phenoxy) is 1. The number of aromatic nitrogens is 2. The summed E-state index contributed by atoms with van der Waals surface area (Å²) in [6.07, 6.45) is 3.13. The summed E-state index contributed by atoms with van der Waals surface area (Å²) in [6.45, 7) is 3.89. The van der Waals surface area contributed by atoms with E-state index in [4.69, 9.17) is 4.74 Å². The van der Waals surface area contributed by atoms with Crippen LogP contribution in [0.25, 0.3) is 0 Å². The van der Waals surface area contributed by atoms with Crippen molar-refractivity contribution >= 4 is 11.8 Å². The van der Waals surface area contributed by atoms with Crippen molar-refractivity contribution < 1.29 is 14.3 Å². The van der Waals surface area contributed by atoms with Crippen molar-refractivity contribution in [2.75, 3.05) is 0 Å². The molecule has 130 valence electrons. The summed E-state index contributed by atoms with van der Waals surface area (Å²) < 4.78 is 5.52. The van der Waals surface area contributed by atoms with E-state index in [-0.39, 0.29) is 11.5 Å². The fraction of sp³-hybridized carbons (Fsp3) is 0.143. The second kappa shape index (κ2) is 7.70. The van der Waals surface area contributed by atoms with E-state index < -0.39 is 12.1 Å². The summed E-state index contributed by atoms with van der Waals surface area (Å²) in [5, 5.41) is 0. The van der Waals surface area contributed by atoms with Crippen LogP contribution in [0.15, 0.2) is 67.1 Å². The third kappa shape index (κ3) is 4.00. The minimum Gasteiger partial charge on any atom is -0.444 e. The quantitative estimate of drug-likeness (QED) is 0.518. The first kappa shape index (κ1) is 17.5. The molecule has 0 aliphatic rings. The number of carbonyl (C=O) groups excluding carboxylic acids is 2. The van der Waals surface area contributed by atoms with Crippen molar-refractivity contribution in [3.63, 3.8) is 0 Å². The Morgan fingerprint density at radius 2 is 1.50 bits per heavy atom. The maximum atomic E-state index is 13.0. The molecule has 0 N–H and O–H groups in total. The highest BCUT2D eigenvalue weighted by molar-refractivity contribution is 6.01. The number of nitrogens with zero attached hydrogens (tertiary/aromatic N) is 2. The monoisotopic (exact) mass is 346 g/mol. The van der Waals surface area contributed by atoms with Gasteiger partial charge >= 0.3 is 5.97 Å². The Bertz CT molecular complexity index is 904. The molecule has 0 saturated heterocycles. The molecule has 1 aromatic heterocycles. The van der Waals surface area contributed by atoms with Gasteiger partial charge in [-0.3, -0.25) is 9.78 Å². The smallest absolute Gasteiger partial charge is 0.359 e. The number of hydrogen-bond acceptors (Lipinski definition) is 5. The summed E-state index contributed by atoms with van der Waals surface area (Å²) in [5.74, 6) is -0.977. The topological polar surface area (TPSA) is 69.2 Å². The minimum absolute atomic E-state index is 0.0568. The summed E-state index contributed by atoms with van der Waals surface area (Å²) in [4.78, 5) is 33.2. The number of hydrogen-bond donors (Lipinski definition) is 0. The Labute approximate surface area is 151 Å². The number of benzene rings is 2. The van der Waals surface area contributed by atoms with E-state index in [9.17, 15) is 9.59 Å². The Morgan fingerprint density at radius 1 is 0.885 bits per heavy atom. The Hall–Kier alpha value is -3.34. The normalized spacial score (nSPS) is 11.6. The van der Waals surface area contributed by atoms with Gasteiger partial charge in [0, 0.05) is 23.5 Å². The van der Waals surface area contributed by atoms with Crippen molar-refractivity contribution in [2.24, 2.45) is 0 Å². The maximum absolute atomic E-state index is 13.0. The summed E-state index contributed by atoms with van der Waals surface area (Å²) in [5.41, 5.74) is 3.24. The Kier molecular flexibility index (Phi) is 5.17. The predicted molar refractivity (Wildman–Crippen MR) is 96.9 cm³/mol. The lowest BCUT2D eigenvalue weighted by Gasteiger charge is -2.17. The van der Waals surface area contributed by atoms with Crippen LogP contribution < -0.4 is 0 Å². The molecular formula is C21H18N2O3. The first-order chi connectivity index (χ1) is 12.5. The van der Waals surface area contributed by atoms with Crippen LogP contribution in [0.4, 0.5) is 0 Å². The van der Waals surface area contributed by atoms with Gasteiger partial charge < -0.3 is 4.74 Å². The van der Waals surface area contributed by atoms with Gasteiger partial charge in [-0.15, -0.1) is 0 Å². The van der Waals surface area contributed by atoms with E-state index in [1.165, 1.54) is 18.6 Å². The average molecular weight is 346 g/mol. The number of esters is 1. The molecule has 5 nitrogen and oxygen atoms in total. The standard InChI is InChI=1S/C21H18N2O3/c1-14-3-7-16(8-4-14)19(24)20(17-9-5-15(2)6-10-17)26-21(25)18-13-22-11-12-23-18/h3-13,20H,1-2H3/t20-/m0/s1. The van der Waals surface area contributed by atoms with Gasteiger partial charge in [0.1, 0.15) is 0 Å². The largest absolute Gasteiger partial charge is 0.444 e. The van der Waals surface area contributed by atoms with Gasteiger partial charge in [-0.2, -0.15) is 0 Å². The van der Waals surface area contributed by atoms with Gasteiger partial charge in [0.2, 0.25) is 5.78 Å². The highest BCUT2D eigenvalue weighted by Gasteiger charge is 2.27. The highest BCUT2D eigenvalue weighted by atomic mass is 16.5. The summed E-state index contributed by atoms with van der Waals surface area (Å²) >= 11 is 0. The summed E-state index contributed by atoms with van der Waals surface area (Å²) in [7, 11) is 0. The van der Waals surface area contributed by atoms with Crippen molar-refractivity contribution in [1.29, 1.82) is 0 Å². The van der Waals surface area contributed by atoms with E-state index in [0.29, 0.717) is 11.1 Å². The fourth-order valence-electron chi connectivity index (χ4n) is 2.46. The minimum atomic E-state index is -1.05. The molecule has 0 spiro atoms. The molecule has 0 fully saturated rings. The first-order valence-corrected chi connectivity index (χ1v) is 8.19. The zero-order valence-corrected chi connectivity index (χ0v) is 14.5. The third-order valence-corrected chi connectivity index (χ3v) is 3.95. The second-order valence-electron chi connectivity index (χ2n) is 6.02. The fourth-order valence-corrected chi connectivity index (χ4v) is 2.46. The molecule has 0 aliphatic heterocycles. The lowest BCUT2D eigenvalue weighted by molar-refractivity contribution is 0.0274. The van der Waals surface area contributed by atoms with Crippen LogP contribution >= 0.6 is 0 Å². The predicted octanol–water partition coefficient (Wildman–Crippen LogP) is 3.87. The van der Waals surface area contributed by atoms with Crippen LogP contribution in [0.3, 0.4) is 0 Å². The number of aryl methyl sites for hydroxylation is 2. The maximum Gasteiger partial charge on any atom is 0.359 e. The molecule has 0 aliphatic carbocycles. The number of ketones is 1. The van der Waals surface area contributed by atoms with E-state index in [1.54, 1.807) is 24.3 Å².